The van der Waals surface area contributed by atoms with Crippen molar-refractivity contribution in [2.24, 2.45) is 0 Å². The Labute approximate surface area is 150 Å². The summed E-state index contributed by atoms with van der Waals surface area (Å²) in [6.45, 7) is 2.04. The summed E-state index contributed by atoms with van der Waals surface area (Å²) in [7, 11) is 1.56. The van der Waals surface area contributed by atoms with Gasteiger partial charge in [-0.05, 0) is 18.6 Å². The minimum atomic E-state index is -0.539. The van der Waals surface area contributed by atoms with E-state index >= 15 is 0 Å². The summed E-state index contributed by atoms with van der Waals surface area (Å²) in [5.41, 5.74) is 1.22. The fraction of sp³-hybridized carbons (Fsp3) is 0.353. The molecule has 1 aromatic heterocycles. The van der Waals surface area contributed by atoms with Crippen molar-refractivity contribution in [2.45, 2.75) is 32.2 Å². The van der Waals surface area contributed by atoms with Crippen LogP contribution in [0.3, 0.4) is 0 Å². The maximum absolute atomic E-state index is 12.4. The molecule has 1 atom stereocenters. The molecular weight excluding hydrogens is 346 g/mol. The number of benzene rings is 1. The summed E-state index contributed by atoms with van der Waals surface area (Å²) in [5.74, 6) is -0.527. The second kappa shape index (κ2) is 8.80. The number of likely N-dealkylation sites (N-methyl/N-ethyl adjacent to an activating group) is 1. The van der Waals surface area contributed by atoms with Crippen molar-refractivity contribution in [3.8, 4) is 10.6 Å². The van der Waals surface area contributed by atoms with Gasteiger partial charge >= 0.3 is 0 Å². The lowest BCUT2D eigenvalue weighted by molar-refractivity contribution is -0.122. The van der Waals surface area contributed by atoms with Gasteiger partial charge in [-0.1, -0.05) is 43.5 Å². The molecule has 2 aromatic rings. The molecule has 0 saturated heterocycles. The van der Waals surface area contributed by atoms with Crippen molar-refractivity contribution in [1.29, 1.82) is 0 Å². The maximum Gasteiger partial charge on any atom is 0.271 e. The van der Waals surface area contributed by atoms with E-state index in [1.165, 1.54) is 11.3 Å². The van der Waals surface area contributed by atoms with Crippen LogP contribution >= 0.6 is 22.9 Å². The highest BCUT2D eigenvalue weighted by Gasteiger charge is 2.21. The molecule has 0 aliphatic rings. The molecule has 2 N–H and O–H groups in total. The van der Waals surface area contributed by atoms with Crippen LogP contribution in [0.5, 0.6) is 0 Å². The Morgan fingerprint density at radius 2 is 2.00 bits per heavy atom. The Balaban J connectivity index is 2.09. The number of carbonyl (C=O) groups excluding carboxylic acids is 2. The van der Waals surface area contributed by atoms with E-state index in [0.717, 1.165) is 23.4 Å². The van der Waals surface area contributed by atoms with Crippen molar-refractivity contribution < 1.29 is 9.59 Å². The third kappa shape index (κ3) is 4.79. The minimum absolute atomic E-state index is 0.190. The van der Waals surface area contributed by atoms with Gasteiger partial charge in [-0.2, -0.15) is 0 Å². The average Bonchev–Trinajstić information content (AvgIpc) is 3.08. The van der Waals surface area contributed by atoms with Crippen LogP contribution in [0.4, 0.5) is 0 Å². The largest absolute Gasteiger partial charge is 0.357 e. The molecule has 1 heterocycles. The van der Waals surface area contributed by atoms with Crippen LogP contribution in [0, 0.1) is 0 Å². The van der Waals surface area contributed by atoms with E-state index in [4.69, 9.17) is 11.6 Å². The number of amides is 2. The molecule has 0 fully saturated rings. The third-order valence-electron chi connectivity index (χ3n) is 3.54. The summed E-state index contributed by atoms with van der Waals surface area (Å²) in [5, 5.41) is 8.43. The molecule has 0 spiro atoms. The van der Waals surface area contributed by atoms with E-state index in [1.54, 1.807) is 24.6 Å². The highest BCUT2D eigenvalue weighted by Crippen LogP contribution is 2.25. The molecule has 0 bridgehead atoms. The van der Waals surface area contributed by atoms with E-state index < -0.39 is 6.04 Å². The highest BCUT2D eigenvalue weighted by molar-refractivity contribution is 7.13. The van der Waals surface area contributed by atoms with Crippen LogP contribution in [0.25, 0.3) is 10.6 Å². The maximum atomic E-state index is 12.4. The third-order valence-corrected chi connectivity index (χ3v) is 4.69. The Kier molecular flexibility index (Phi) is 6.75. The SMILES string of the molecule is CCCCC(NC(=O)c1csc(-c2ccc(Cl)cc2)n1)C(=O)NC. The van der Waals surface area contributed by atoms with Gasteiger partial charge in [0.05, 0.1) is 0 Å². The zero-order valence-corrected chi connectivity index (χ0v) is 15.2. The van der Waals surface area contributed by atoms with Gasteiger partial charge in [0.2, 0.25) is 5.91 Å². The number of nitrogens with zero attached hydrogens (tertiary/aromatic N) is 1. The van der Waals surface area contributed by atoms with Gasteiger partial charge in [-0.3, -0.25) is 9.59 Å². The molecule has 0 saturated carbocycles. The van der Waals surface area contributed by atoms with E-state index in [9.17, 15) is 9.59 Å². The van der Waals surface area contributed by atoms with Crippen LogP contribution in [-0.2, 0) is 4.79 Å². The second-order valence-corrected chi connectivity index (χ2v) is 6.62. The van der Waals surface area contributed by atoms with Gasteiger partial charge in [0.25, 0.3) is 5.91 Å². The summed E-state index contributed by atoms with van der Waals surface area (Å²) >= 11 is 7.26. The smallest absolute Gasteiger partial charge is 0.271 e. The lowest BCUT2D eigenvalue weighted by Crippen LogP contribution is -2.45. The summed E-state index contributed by atoms with van der Waals surface area (Å²) in [6.07, 6.45) is 2.43. The Hall–Kier alpha value is -1.92. The first kappa shape index (κ1) is 18.4. The monoisotopic (exact) mass is 365 g/mol. The topological polar surface area (TPSA) is 71.1 Å². The van der Waals surface area contributed by atoms with Crippen LogP contribution < -0.4 is 10.6 Å². The fourth-order valence-corrected chi connectivity index (χ4v) is 3.12. The molecule has 24 heavy (non-hydrogen) atoms. The molecule has 0 aliphatic heterocycles. The fourth-order valence-electron chi connectivity index (χ4n) is 2.19. The van der Waals surface area contributed by atoms with Crippen LogP contribution in [0.1, 0.15) is 36.7 Å². The number of thiazole rings is 1. The first-order valence-electron chi connectivity index (χ1n) is 7.79. The molecule has 2 rings (SSSR count). The Bertz CT molecular complexity index is 700. The van der Waals surface area contributed by atoms with Crippen molar-refractivity contribution in [1.82, 2.24) is 15.6 Å². The lowest BCUT2D eigenvalue weighted by Gasteiger charge is -2.16. The van der Waals surface area contributed by atoms with Crippen molar-refractivity contribution >= 4 is 34.8 Å². The summed E-state index contributed by atoms with van der Waals surface area (Å²) in [6, 6.07) is 6.74. The standard InChI is InChI=1S/C17H20ClN3O2S/c1-3-4-5-13(15(22)19-2)20-16(23)14-10-24-17(21-14)11-6-8-12(18)9-7-11/h6-10,13H,3-5H2,1-2H3,(H,19,22)(H,20,23). The van der Waals surface area contributed by atoms with E-state index in [0.29, 0.717) is 17.1 Å². The zero-order chi connectivity index (χ0) is 17.5. The average molecular weight is 366 g/mol. The molecule has 0 radical (unpaired) electrons. The normalized spacial score (nSPS) is 11.8. The number of halogens is 1. The van der Waals surface area contributed by atoms with Crippen LogP contribution in [0.15, 0.2) is 29.6 Å². The number of aromatic nitrogens is 1. The molecular formula is C17H20ClN3O2S. The quantitative estimate of drug-likeness (QED) is 0.788. The predicted molar refractivity (Wildman–Crippen MR) is 97.4 cm³/mol. The van der Waals surface area contributed by atoms with E-state index in [2.05, 4.69) is 15.6 Å². The van der Waals surface area contributed by atoms with E-state index in [1.807, 2.05) is 19.1 Å². The lowest BCUT2D eigenvalue weighted by atomic mass is 10.1. The van der Waals surface area contributed by atoms with Gasteiger partial charge in [-0.25, -0.2) is 4.98 Å². The number of rotatable bonds is 7. The van der Waals surface area contributed by atoms with Gasteiger partial charge in [-0.15, -0.1) is 11.3 Å². The van der Waals surface area contributed by atoms with Gasteiger partial charge in [0.15, 0.2) is 0 Å². The molecule has 0 aliphatic carbocycles. The Morgan fingerprint density at radius 1 is 1.29 bits per heavy atom. The van der Waals surface area contributed by atoms with Crippen molar-refractivity contribution in [2.75, 3.05) is 7.05 Å². The van der Waals surface area contributed by atoms with Gasteiger partial charge in [0.1, 0.15) is 16.7 Å². The van der Waals surface area contributed by atoms with Gasteiger partial charge in [0, 0.05) is 23.0 Å². The number of hydrogen-bond acceptors (Lipinski definition) is 4. The van der Waals surface area contributed by atoms with Crippen molar-refractivity contribution in [3.05, 3.63) is 40.4 Å². The minimum Gasteiger partial charge on any atom is -0.357 e. The number of nitrogens with one attached hydrogen (secondary N) is 2. The van der Waals surface area contributed by atoms with Crippen molar-refractivity contribution in [3.63, 3.8) is 0 Å². The summed E-state index contributed by atoms with van der Waals surface area (Å²) < 4.78 is 0. The van der Waals surface area contributed by atoms with E-state index in [-0.39, 0.29) is 11.8 Å². The highest BCUT2D eigenvalue weighted by atomic mass is 35.5. The number of unbranched alkanes of at least 4 members (excludes halogenated alkanes) is 1. The Morgan fingerprint density at radius 3 is 2.62 bits per heavy atom. The number of hydrogen-bond donors (Lipinski definition) is 2. The molecule has 1 unspecified atom stereocenters. The molecule has 7 heteroatoms. The second-order valence-electron chi connectivity index (χ2n) is 5.33. The molecule has 5 nitrogen and oxygen atoms in total. The van der Waals surface area contributed by atoms with Gasteiger partial charge < -0.3 is 10.6 Å². The first-order chi connectivity index (χ1) is 11.5. The predicted octanol–water partition coefficient (Wildman–Crippen LogP) is 3.50. The zero-order valence-electron chi connectivity index (χ0n) is 13.6. The molecule has 1 aromatic carbocycles. The van der Waals surface area contributed by atoms with Crippen LogP contribution in [-0.4, -0.2) is 29.9 Å². The number of carbonyl (C=O) groups is 2. The van der Waals surface area contributed by atoms with Crippen LogP contribution in [0.2, 0.25) is 5.02 Å². The molecule has 128 valence electrons. The summed E-state index contributed by atoms with van der Waals surface area (Å²) in [4.78, 5) is 28.6. The molecule has 2 amide bonds. The first-order valence-corrected chi connectivity index (χ1v) is 9.04.